The van der Waals surface area contributed by atoms with E-state index in [2.05, 4.69) is 15.3 Å². The van der Waals surface area contributed by atoms with Crippen molar-refractivity contribution in [2.24, 2.45) is 0 Å². The van der Waals surface area contributed by atoms with Crippen molar-refractivity contribution < 1.29 is 14.7 Å². The number of nitrogens with one attached hydrogen (secondary N) is 1. The number of nitrogens with zero attached hydrogens (tertiary/aromatic N) is 3. The van der Waals surface area contributed by atoms with Crippen molar-refractivity contribution in [1.82, 2.24) is 20.2 Å². The molecule has 1 aromatic carbocycles. The summed E-state index contributed by atoms with van der Waals surface area (Å²) in [6.07, 6.45) is 1.90. The molecule has 0 spiro atoms. The van der Waals surface area contributed by atoms with Crippen LogP contribution in [0.2, 0.25) is 0 Å². The van der Waals surface area contributed by atoms with Gasteiger partial charge in [-0.3, -0.25) is 9.59 Å². The van der Waals surface area contributed by atoms with Gasteiger partial charge in [-0.05, 0) is 31.4 Å². The molecule has 0 unspecified atom stereocenters. The molecule has 1 saturated heterocycles. The molecule has 2 amide bonds. The summed E-state index contributed by atoms with van der Waals surface area (Å²) in [4.78, 5) is 38.7. The van der Waals surface area contributed by atoms with E-state index in [-0.39, 0.29) is 24.8 Å². The fourth-order valence-corrected chi connectivity index (χ4v) is 5.92. The van der Waals surface area contributed by atoms with Crippen molar-refractivity contribution in [3.05, 3.63) is 57.1 Å². The van der Waals surface area contributed by atoms with Gasteiger partial charge in [0.15, 0.2) is 0 Å². The number of carbonyl (C=O) groups excluding carboxylic acids is 2. The highest BCUT2D eigenvalue weighted by Crippen LogP contribution is 2.30. The van der Waals surface area contributed by atoms with E-state index >= 15 is 0 Å². The molecule has 9 heteroatoms. The smallest absolute Gasteiger partial charge is 0.243 e. The number of hydrogen-bond donors (Lipinski definition) is 2. The van der Waals surface area contributed by atoms with E-state index in [0.29, 0.717) is 13.0 Å². The first-order valence-corrected chi connectivity index (χ1v) is 12.7. The molecule has 0 bridgehead atoms. The molecule has 3 aromatic rings. The van der Waals surface area contributed by atoms with Crippen LogP contribution in [-0.4, -0.2) is 50.5 Å². The van der Waals surface area contributed by atoms with Crippen LogP contribution in [0.15, 0.2) is 36.0 Å². The quantitative estimate of drug-likeness (QED) is 0.534. The number of aryl methyl sites for hydroxylation is 2. The Morgan fingerprint density at radius 3 is 2.61 bits per heavy atom. The van der Waals surface area contributed by atoms with Crippen LogP contribution in [0.5, 0.6) is 0 Å². The van der Waals surface area contributed by atoms with Crippen LogP contribution in [0.3, 0.4) is 0 Å². The maximum atomic E-state index is 13.3. The Labute approximate surface area is 201 Å². The molecule has 1 aliphatic rings. The van der Waals surface area contributed by atoms with E-state index in [4.69, 9.17) is 0 Å². The number of carbonyl (C=O) groups is 2. The van der Waals surface area contributed by atoms with Gasteiger partial charge in [-0.15, -0.1) is 22.7 Å². The lowest BCUT2D eigenvalue weighted by Crippen LogP contribution is -2.47. The van der Waals surface area contributed by atoms with Crippen LogP contribution in [0.25, 0.3) is 10.4 Å². The molecule has 1 fully saturated rings. The third-order valence-corrected chi connectivity index (χ3v) is 7.94. The largest absolute Gasteiger partial charge is 0.391 e. The maximum absolute atomic E-state index is 13.3. The number of benzene rings is 1. The second kappa shape index (κ2) is 10.1. The molecular weight excluding hydrogens is 456 g/mol. The highest BCUT2D eigenvalue weighted by atomic mass is 32.1. The Balaban J connectivity index is 1.41. The first-order valence-electron chi connectivity index (χ1n) is 11.0. The van der Waals surface area contributed by atoms with Crippen LogP contribution in [0, 0.1) is 13.8 Å². The predicted octanol–water partition coefficient (Wildman–Crippen LogP) is 3.66. The molecule has 1 aliphatic heterocycles. The first-order chi connectivity index (χ1) is 15.9. The lowest BCUT2D eigenvalue weighted by Gasteiger charge is -2.27. The summed E-state index contributed by atoms with van der Waals surface area (Å²) >= 11 is 3.11. The van der Waals surface area contributed by atoms with Gasteiger partial charge in [0.25, 0.3) is 0 Å². The van der Waals surface area contributed by atoms with Crippen molar-refractivity contribution in [2.75, 3.05) is 6.54 Å². The van der Waals surface area contributed by atoms with Crippen LogP contribution >= 0.6 is 22.7 Å². The highest BCUT2D eigenvalue weighted by molar-refractivity contribution is 7.13. The Kier molecular flexibility index (Phi) is 7.21. The van der Waals surface area contributed by atoms with Gasteiger partial charge in [0.2, 0.25) is 11.8 Å². The number of β-amino-alcohol motifs (C(OH)–C–C–N with tert-alkyl or cyclic N) is 1. The van der Waals surface area contributed by atoms with Crippen LogP contribution in [-0.2, 0) is 16.1 Å². The minimum absolute atomic E-state index is 0.146. The van der Waals surface area contributed by atoms with Gasteiger partial charge in [0, 0.05) is 30.6 Å². The van der Waals surface area contributed by atoms with Crippen LogP contribution in [0.4, 0.5) is 0 Å². The van der Waals surface area contributed by atoms with Crippen molar-refractivity contribution in [1.29, 1.82) is 0 Å². The van der Waals surface area contributed by atoms with E-state index in [9.17, 15) is 14.7 Å². The summed E-state index contributed by atoms with van der Waals surface area (Å²) in [5.74, 6) is -0.785. The Hall–Kier alpha value is -2.62. The van der Waals surface area contributed by atoms with Gasteiger partial charge in [-0.1, -0.05) is 31.2 Å². The molecule has 0 aliphatic carbocycles. The van der Waals surface area contributed by atoms with Crippen LogP contribution in [0.1, 0.15) is 46.8 Å². The minimum atomic E-state index is -0.706. The van der Waals surface area contributed by atoms with E-state index < -0.39 is 18.1 Å². The zero-order valence-corrected chi connectivity index (χ0v) is 20.6. The maximum Gasteiger partial charge on any atom is 0.243 e. The van der Waals surface area contributed by atoms with Crippen molar-refractivity contribution in [3.63, 3.8) is 0 Å². The van der Waals surface area contributed by atoms with E-state index in [0.717, 1.165) is 31.6 Å². The van der Waals surface area contributed by atoms with Gasteiger partial charge in [-0.2, -0.15) is 0 Å². The minimum Gasteiger partial charge on any atom is -0.391 e. The zero-order chi connectivity index (χ0) is 23.5. The number of aliphatic hydroxyl groups is 1. The number of rotatable bonds is 7. The van der Waals surface area contributed by atoms with Gasteiger partial charge < -0.3 is 15.3 Å². The molecule has 0 radical (unpaired) electrons. The summed E-state index contributed by atoms with van der Waals surface area (Å²) in [6, 6.07) is 7.35. The number of aromatic nitrogens is 2. The third-order valence-electron chi connectivity index (χ3n) is 5.94. The fourth-order valence-electron chi connectivity index (χ4n) is 4.15. The Morgan fingerprint density at radius 1 is 1.24 bits per heavy atom. The van der Waals surface area contributed by atoms with E-state index in [1.165, 1.54) is 16.2 Å². The normalized spacial score (nSPS) is 19.0. The molecule has 0 saturated carbocycles. The van der Waals surface area contributed by atoms with E-state index in [1.807, 2.05) is 50.5 Å². The molecule has 7 nitrogen and oxygen atoms in total. The first kappa shape index (κ1) is 23.5. The number of amides is 2. The fraction of sp³-hybridized carbons (Fsp3) is 0.417. The zero-order valence-electron chi connectivity index (χ0n) is 18.9. The van der Waals surface area contributed by atoms with Gasteiger partial charge >= 0.3 is 0 Å². The molecular formula is C24H28N4O3S2. The standard InChI is InChI=1S/C24H28N4O3S2/c1-4-19(23-26-10-14(2)33-23)24(31)28-12-18(29)9-20(28)22(30)25-11-16-5-7-17(8-6-16)21-15(3)27-13-32-21/h5-8,10,13,18-20,29H,4,9,11-12H2,1-3H3,(H,25,30)/t18-,19-,20+/m1/s1. The monoisotopic (exact) mass is 484 g/mol. The average Bonchev–Trinajstić information content (AvgIpc) is 3.53. The summed E-state index contributed by atoms with van der Waals surface area (Å²) in [5, 5.41) is 13.9. The lowest BCUT2D eigenvalue weighted by molar-refractivity contribution is -0.139. The summed E-state index contributed by atoms with van der Waals surface area (Å²) in [5.41, 5.74) is 4.91. The second-order valence-corrected chi connectivity index (χ2v) is 10.5. The third kappa shape index (κ3) is 5.15. The van der Waals surface area contributed by atoms with Crippen LogP contribution < -0.4 is 5.32 Å². The molecule has 2 aromatic heterocycles. The summed E-state index contributed by atoms with van der Waals surface area (Å²) < 4.78 is 0. The number of hydrogen-bond acceptors (Lipinski definition) is 7. The molecule has 4 rings (SSSR count). The van der Waals surface area contributed by atoms with Crippen molar-refractivity contribution in [2.45, 2.75) is 58.2 Å². The molecule has 3 atom stereocenters. The second-order valence-electron chi connectivity index (χ2n) is 8.35. The molecule has 3 heterocycles. The number of aliphatic hydroxyl groups excluding tert-OH is 1. The van der Waals surface area contributed by atoms with Crippen molar-refractivity contribution in [3.8, 4) is 10.4 Å². The molecule has 33 heavy (non-hydrogen) atoms. The molecule has 2 N–H and O–H groups in total. The summed E-state index contributed by atoms with van der Waals surface area (Å²) in [6.45, 7) is 6.41. The molecule has 174 valence electrons. The van der Waals surface area contributed by atoms with E-state index in [1.54, 1.807) is 17.5 Å². The average molecular weight is 485 g/mol. The Morgan fingerprint density at radius 2 is 2.00 bits per heavy atom. The highest BCUT2D eigenvalue weighted by Gasteiger charge is 2.41. The number of thiazole rings is 2. The van der Waals surface area contributed by atoms with Crippen molar-refractivity contribution >= 4 is 34.5 Å². The number of likely N-dealkylation sites (tertiary alicyclic amines) is 1. The van der Waals surface area contributed by atoms with Gasteiger partial charge in [-0.25, -0.2) is 9.97 Å². The van der Waals surface area contributed by atoms with Gasteiger partial charge in [0.1, 0.15) is 11.0 Å². The summed E-state index contributed by atoms with van der Waals surface area (Å²) in [7, 11) is 0. The van der Waals surface area contributed by atoms with Gasteiger partial charge in [0.05, 0.1) is 28.1 Å². The predicted molar refractivity (Wildman–Crippen MR) is 130 cm³/mol. The Bertz CT molecular complexity index is 1120. The lowest BCUT2D eigenvalue weighted by atomic mass is 10.0. The topological polar surface area (TPSA) is 95.4 Å². The SMILES string of the molecule is CC[C@@H](C(=O)N1C[C@H](O)C[C@H]1C(=O)NCc1ccc(-c2scnc2C)cc1)c1ncc(C)s1.